The van der Waals surface area contributed by atoms with Crippen molar-refractivity contribution >= 4 is 21.8 Å². The van der Waals surface area contributed by atoms with Gasteiger partial charge in [0.2, 0.25) is 10.0 Å². The average molecular weight is 332 g/mol. The lowest BCUT2D eigenvalue weighted by atomic mass is 10.3. The normalized spacial score (nSPS) is 13.1. The Hall–Kier alpha value is -0.760. The quantitative estimate of drug-likeness (QED) is 0.639. The Morgan fingerprint density at radius 3 is 2.57 bits per heavy atom. The molecule has 7 heteroatoms. The highest BCUT2D eigenvalue weighted by molar-refractivity contribution is 7.99. The predicted molar refractivity (Wildman–Crippen MR) is 88.4 cm³/mol. The summed E-state index contributed by atoms with van der Waals surface area (Å²) >= 11 is 1.81. The number of ether oxygens (including phenoxy) is 1. The van der Waals surface area contributed by atoms with Gasteiger partial charge in [0.05, 0.1) is 4.90 Å². The van der Waals surface area contributed by atoms with Crippen molar-refractivity contribution in [2.75, 3.05) is 24.7 Å². The number of hydrogen-bond donors (Lipinski definition) is 2. The van der Waals surface area contributed by atoms with Crippen LogP contribution >= 0.6 is 11.8 Å². The molecule has 0 heterocycles. The SMILES string of the molecule is CCSCCC(C)NS(=O)(=O)c1ccc(OCCN)cc1. The second-order valence-corrected chi connectivity index (χ2v) is 7.72. The fourth-order valence-corrected chi connectivity index (χ4v) is 3.78. The standard InChI is InChI=1S/C14H24N2O3S2/c1-3-20-11-8-12(2)16-21(17,18)14-6-4-13(5-7-14)19-10-9-15/h4-7,12,16H,3,8-11,15H2,1-2H3. The van der Waals surface area contributed by atoms with Crippen molar-refractivity contribution in [2.45, 2.75) is 31.2 Å². The van der Waals surface area contributed by atoms with Crippen LogP contribution in [0.25, 0.3) is 0 Å². The van der Waals surface area contributed by atoms with E-state index < -0.39 is 10.0 Å². The summed E-state index contributed by atoms with van der Waals surface area (Å²) in [5.74, 6) is 2.61. The van der Waals surface area contributed by atoms with Gasteiger partial charge in [-0.1, -0.05) is 6.92 Å². The topological polar surface area (TPSA) is 81.4 Å². The summed E-state index contributed by atoms with van der Waals surface area (Å²) in [4.78, 5) is 0.248. The first-order valence-corrected chi connectivity index (χ1v) is 9.66. The molecule has 0 radical (unpaired) electrons. The lowest BCUT2D eigenvalue weighted by molar-refractivity contribution is 0.328. The first kappa shape index (κ1) is 18.3. The van der Waals surface area contributed by atoms with Crippen LogP contribution in [0.4, 0.5) is 0 Å². The molecule has 0 aliphatic rings. The summed E-state index contributed by atoms with van der Waals surface area (Å²) in [5, 5.41) is 0. The maximum Gasteiger partial charge on any atom is 0.240 e. The van der Waals surface area contributed by atoms with Crippen LogP contribution in [0.3, 0.4) is 0 Å². The number of hydrogen-bond acceptors (Lipinski definition) is 5. The van der Waals surface area contributed by atoms with Crippen molar-refractivity contribution < 1.29 is 13.2 Å². The molecule has 1 rings (SSSR count). The Labute approximate surface area is 131 Å². The molecular formula is C14H24N2O3S2. The highest BCUT2D eigenvalue weighted by atomic mass is 32.2. The molecule has 3 N–H and O–H groups in total. The van der Waals surface area contributed by atoms with Crippen LogP contribution in [0.1, 0.15) is 20.3 Å². The smallest absolute Gasteiger partial charge is 0.240 e. The van der Waals surface area contributed by atoms with Crippen LogP contribution in [0, 0.1) is 0 Å². The molecule has 0 bridgehead atoms. The van der Waals surface area contributed by atoms with E-state index in [1.807, 2.05) is 6.92 Å². The van der Waals surface area contributed by atoms with Crippen LogP contribution in [-0.2, 0) is 10.0 Å². The molecule has 0 spiro atoms. The van der Waals surface area contributed by atoms with Crippen molar-refractivity contribution in [3.05, 3.63) is 24.3 Å². The average Bonchev–Trinajstić information content (AvgIpc) is 2.45. The number of rotatable bonds is 10. The van der Waals surface area contributed by atoms with Gasteiger partial charge in [-0.05, 0) is 49.1 Å². The van der Waals surface area contributed by atoms with Gasteiger partial charge < -0.3 is 10.5 Å². The minimum atomic E-state index is -3.47. The Balaban J connectivity index is 2.61. The molecule has 0 saturated carbocycles. The van der Waals surface area contributed by atoms with E-state index in [0.717, 1.165) is 17.9 Å². The zero-order chi connectivity index (χ0) is 15.7. The van der Waals surface area contributed by atoms with E-state index >= 15 is 0 Å². The minimum absolute atomic E-state index is 0.0813. The van der Waals surface area contributed by atoms with Crippen LogP contribution in [0.15, 0.2) is 29.2 Å². The molecule has 0 aliphatic carbocycles. The van der Waals surface area contributed by atoms with E-state index in [2.05, 4.69) is 11.6 Å². The fourth-order valence-electron chi connectivity index (χ4n) is 1.69. The van der Waals surface area contributed by atoms with Crippen molar-refractivity contribution in [1.29, 1.82) is 0 Å². The van der Waals surface area contributed by atoms with Gasteiger partial charge in [0.15, 0.2) is 0 Å². The van der Waals surface area contributed by atoms with Crippen LogP contribution in [0.2, 0.25) is 0 Å². The second kappa shape index (κ2) is 9.30. The first-order valence-electron chi connectivity index (χ1n) is 7.02. The van der Waals surface area contributed by atoms with Gasteiger partial charge in [-0.2, -0.15) is 11.8 Å². The number of nitrogens with two attached hydrogens (primary N) is 1. The molecule has 0 amide bonds. The van der Waals surface area contributed by atoms with Crippen molar-refractivity contribution in [3.8, 4) is 5.75 Å². The van der Waals surface area contributed by atoms with Gasteiger partial charge >= 0.3 is 0 Å². The number of nitrogens with one attached hydrogen (secondary N) is 1. The molecule has 0 saturated heterocycles. The molecule has 1 atom stereocenters. The van der Waals surface area contributed by atoms with Crippen LogP contribution in [0.5, 0.6) is 5.75 Å². The van der Waals surface area contributed by atoms with Crippen LogP contribution in [-0.4, -0.2) is 39.1 Å². The molecule has 21 heavy (non-hydrogen) atoms. The summed E-state index contributed by atoms with van der Waals surface area (Å²) < 4.78 is 32.5. The second-order valence-electron chi connectivity index (χ2n) is 4.62. The lowest BCUT2D eigenvalue weighted by Crippen LogP contribution is -2.33. The Morgan fingerprint density at radius 2 is 2.00 bits per heavy atom. The van der Waals surface area contributed by atoms with Crippen molar-refractivity contribution in [2.24, 2.45) is 5.73 Å². The maximum atomic E-state index is 12.2. The molecule has 5 nitrogen and oxygen atoms in total. The summed E-state index contributed by atoms with van der Waals surface area (Å²) in [7, 11) is -3.47. The van der Waals surface area contributed by atoms with E-state index in [-0.39, 0.29) is 10.9 Å². The lowest BCUT2D eigenvalue weighted by Gasteiger charge is -2.14. The summed E-state index contributed by atoms with van der Waals surface area (Å²) in [5.41, 5.74) is 5.35. The van der Waals surface area contributed by atoms with E-state index in [1.54, 1.807) is 36.0 Å². The molecular weight excluding hydrogens is 308 g/mol. The van der Waals surface area contributed by atoms with Gasteiger partial charge in [-0.25, -0.2) is 13.1 Å². The Bertz CT molecular complexity index is 503. The predicted octanol–water partition coefficient (Wildman–Crippen LogP) is 1.83. The number of sulfonamides is 1. The van der Waals surface area contributed by atoms with E-state index in [1.165, 1.54) is 0 Å². The number of thioether (sulfide) groups is 1. The van der Waals surface area contributed by atoms with E-state index in [9.17, 15) is 8.42 Å². The molecule has 120 valence electrons. The minimum Gasteiger partial charge on any atom is -0.492 e. The zero-order valence-corrected chi connectivity index (χ0v) is 14.2. The van der Waals surface area contributed by atoms with Gasteiger partial charge in [0.1, 0.15) is 12.4 Å². The summed E-state index contributed by atoms with van der Waals surface area (Å²) in [6.07, 6.45) is 0.815. The fraction of sp³-hybridized carbons (Fsp3) is 0.571. The molecule has 0 aromatic heterocycles. The van der Waals surface area contributed by atoms with Gasteiger partial charge in [0.25, 0.3) is 0 Å². The Morgan fingerprint density at radius 1 is 1.33 bits per heavy atom. The summed E-state index contributed by atoms with van der Waals surface area (Å²) in [6, 6.07) is 6.29. The van der Waals surface area contributed by atoms with Crippen molar-refractivity contribution in [3.63, 3.8) is 0 Å². The van der Waals surface area contributed by atoms with Crippen LogP contribution < -0.4 is 15.2 Å². The highest BCUT2D eigenvalue weighted by Gasteiger charge is 2.17. The van der Waals surface area contributed by atoms with Crippen molar-refractivity contribution in [1.82, 2.24) is 4.72 Å². The third kappa shape index (κ3) is 6.69. The highest BCUT2D eigenvalue weighted by Crippen LogP contribution is 2.16. The van der Waals surface area contributed by atoms with Gasteiger partial charge in [-0.3, -0.25) is 0 Å². The van der Waals surface area contributed by atoms with E-state index in [4.69, 9.17) is 10.5 Å². The van der Waals surface area contributed by atoms with E-state index in [0.29, 0.717) is 18.9 Å². The maximum absolute atomic E-state index is 12.2. The third-order valence-corrected chi connectivity index (χ3v) is 5.31. The molecule has 1 aromatic rings. The molecule has 0 fully saturated rings. The number of benzene rings is 1. The molecule has 1 unspecified atom stereocenters. The van der Waals surface area contributed by atoms with Gasteiger partial charge in [-0.15, -0.1) is 0 Å². The molecule has 1 aromatic carbocycles. The van der Waals surface area contributed by atoms with Gasteiger partial charge in [0, 0.05) is 12.6 Å². The summed E-state index contributed by atoms with van der Waals surface area (Å²) in [6.45, 7) is 4.81. The largest absolute Gasteiger partial charge is 0.492 e. The Kier molecular flexibility index (Phi) is 8.10. The first-order chi connectivity index (χ1) is 9.99. The zero-order valence-electron chi connectivity index (χ0n) is 12.5. The monoisotopic (exact) mass is 332 g/mol. The third-order valence-electron chi connectivity index (χ3n) is 2.78. The molecule has 0 aliphatic heterocycles.